The van der Waals surface area contributed by atoms with E-state index in [-0.39, 0.29) is 11.9 Å². The van der Waals surface area contributed by atoms with E-state index >= 15 is 0 Å². The molecule has 0 spiro atoms. The van der Waals surface area contributed by atoms with Gasteiger partial charge in [0.15, 0.2) is 0 Å². The Kier molecular flexibility index (Phi) is 7.28. The molecule has 1 aliphatic carbocycles. The molecule has 0 heterocycles. The highest BCUT2D eigenvalue weighted by Crippen LogP contribution is 2.30. The SMILES string of the molecule is CCC(COC)NC(=O)CC1CCC(CN)CC1. The zero-order valence-electron chi connectivity index (χ0n) is 11.8. The molecule has 4 heteroatoms. The first-order chi connectivity index (χ1) is 8.69. The molecule has 0 radical (unpaired) electrons. The highest BCUT2D eigenvalue weighted by atomic mass is 16.5. The summed E-state index contributed by atoms with van der Waals surface area (Å²) in [5, 5.41) is 3.05. The Balaban J connectivity index is 2.23. The van der Waals surface area contributed by atoms with Crippen molar-refractivity contribution in [2.24, 2.45) is 17.6 Å². The topological polar surface area (TPSA) is 64.3 Å². The Labute approximate surface area is 111 Å². The number of nitrogens with one attached hydrogen (secondary N) is 1. The molecule has 1 amide bonds. The molecule has 1 rings (SSSR count). The second-order valence-electron chi connectivity index (χ2n) is 5.45. The Morgan fingerprint density at radius 2 is 1.94 bits per heavy atom. The van der Waals surface area contributed by atoms with Gasteiger partial charge in [0, 0.05) is 13.5 Å². The van der Waals surface area contributed by atoms with Crippen LogP contribution < -0.4 is 11.1 Å². The van der Waals surface area contributed by atoms with E-state index in [1.807, 2.05) is 0 Å². The number of methoxy groups -OCH3 is 1. The molecule has 0 aromatic rings. The highest BCUT2D eigenvalue weighted by molar-refractivity contribution is 5.76. The highest BCUT2D eigenvalue weighted by Gasteiger charge is 2.22. The lowest BCUT2D eigenvalue weighted by atomic mass is 9.80. The van der Waals surface area contributed by atoms with Crippen LogP contribution in [0.15, 0.2) is 0 Å². The number of nitrogens with two attached hydrogens (primary N) is 1. The fourth-order valence-electron chi connectivity index (χ4n) is 2.68. The van der Waals surface area contributed by atoms with Crippen LogP contribution in [0.2, 0.25) is 0 Å². The van der Waals surface area contributed by atoms with Crippen molar-refractivity contribution in [2.75, 3.05) is 20.3 Å². The Bertz CT molecular complexity index is 238. The van der Waals surface area contributed by atoms with Gasteiger partial charge in [-0.05, 0) is 50.5 Å². The summed E-state index contributed by atoms with van der Waals surface area (Å²) in [5.74, 6) is 1.41. The van der Waals surface area contributed by atoms with Crippen LogP contribution >= 0.6 is 0 Å². The number of ether oxygens (including phenoxy) is 1. The van der Waals surface area contributed by atoms with Crippen molar-refractivity contribution < 1.29 is 9.53 Å². The molecular formula is C14H28N2O2. The summed E-state index contributed by atoms with van der Waals surface area (Å²) >= 11 is 0. The molecule has 0 saturated heterocycles. The standard InChI is InChI=1S/C14H28N2O2/c1-3-13(10-18-2)16-14(17)8-11-4-6-12(9-15)7-5-11/h11-13H,3-10,15H2,1-2H3,(H,16,17). The molecule has 1 saturated carbocycles. The lowest BCUT2D eigenvalue weighted by Crippen LogP contribution is -2.38. The molecule has 0 aromatic heterocycles. The van der Waals surface area contributed by atoms with Crippen molar-refractivity contribution in [1.82, 2.24) is 5.32 Å². The van der Waals surface area contributed by atoms with E-state index in [4.69, 9.17) is 10.5 Å². The van der Waals surface area contributed by atoms with Crippen LogP contribution in [-0.2, 0) is 9.53 Å². The fourth-order valence-corrected chi connectivity index (χ4v) is 2.68. The lowest BCUT2D eigenvalue weighted by molar-refractivity contribution is -0.123. The molecule has 3 N–H and O–H groups in total. The maximum atomic E-state index is 11.9. The van der Waals surface area contributed by atoms with Crippen LogP contribution in [0.5, 0.6) is 0 Å². The maximum absolute atomic E-state index is 11.9. The van der Waals surface area contributed by atoms with Gasteiger partial charge in [-0.25, -0.2) is 0 Å². The Morgan fingerprint density at radius 3 is 2.44 bits per heavy atom. The quantitative estimate of drug-likeness (QED) is 0.728. The molecule has 18 heavy (non-hydrogen) atoms. The molecule has 1 unspecified atom stereocenters. The number of rotatable bonds is 7. The smallest absolute Gasteiger partial charge is 0.220 e. The van der Waals surface area contributed by atoms with Gasteiger partial charge >= 0.3 is 0 Å². The van der Waals surface area contributed by atoms with Gasteiger partial charge in [0.2, 0.25) is 5.91 Å². The zero-order valence-corrected chi connectivity index (χ0v) is 11.8. The van der Waals surface area contributed by atoms with Gasteiger partial charge in [-0.1, -0.05) is 6.92 Å². The Hall–Kier alpha value is -0.610. The van der Waals surface area contributed by atoms with Crippen molar-refractivity contribution in [3.8, 4) is 0 Å². The van der Waals surface area contributed by atoms with E-state index in [1.165, 1.54) is 12.8 Å². The third kappa shape index (κ3) is 5.36. The summed E-state index contributed by atoms with van der Waals surface area (Å²) in [6, 6.07) is 0.155. The van der Waals surface area contributed by atoms with Crippen LogP contribution in [0.25, 0.3) is 0 Å². The van der Waals surface area contributed by atoms with Crippen LogP contribution in [0.4, 0.5) is 0 Å². The molecular weight excluding hydrogens is 228 g/mol. The number of hydrogen-bond donors (Lipinski definition) is 2. The number of hydrogen-bond acceptors (Lipinski definition) is 3. The first-order valence-electron chi connectivity index (χ1n) is 7.17. The van der Waals surface area contributed by atoms with Crippen molar-refractivity contribution in [2.45, 2.75) is 51.5 Å². The largest absolute Gasteiger partial charge is 0.383 e. The predicted molar refractivity (Wildman–Crippen MR) is 73.2 cm³/mol. The molecule has 1 fully saturated rings. The average molecular weight is 256 g/mol. The van der Waals surface area contributed by atoms with Gasteiger partial charge in [-0.2, -0.15) is 0 Å². The summed E-state index contributed by atoms with van der Waals surface area (Å²) in [5.41, 5.74) is 5.67. The third-order valence-corrected chi connectivity index (χ3v) is 4.00. The summed E-state index contributed by atoms with van der Waals surface area (Å²) < 4.78 is 5.09. The molecule has 106 valence electrons. The van der Waals surface area contributed by atoms with Crippen LogP contribution in [0, 0.1) is 11.8 Å². The van der Waals surface area contributed by atoms with Crippen molar-refractivity contribution >= 4 is 5.91 Å². The van der Waals surface area contributed by atoms with Crippen molar-refractivity contribution in [1.29, 1.82) is 0 Å². The van der Waals surface area contributed by atoms with E-state index in [2.05, 4.69) is 12.2 Å². The molecule has 0 bridgehead atoms. The third-order valence-electron chi connectivity index (χ3n) is 4.00. The van der Waals surface area contributed by atoms with Crippen molar-refractivity contribution in [3.05, 3.63) is 0 Å². The average Bonchev–Trinajstić information content (AvgIpc) is 2.39. The van der Waals surface area contributed by atoms with Gasteiger partial charge in [-0.3, -0.25) is 4.79 Å². The van der Waals surface area contributed by atoms with E-state index in [0.29, 0.717) is 24.9 Å². The van der Waals surface area contributed by atoms with Crippen LogP contribution in [0.1, 0.15) is 45.4 Å². The normalized spacial score (nSPS) is 25.7. The van der Waals surface area contributed by atoms with Gasteiger partial charge < -0.3 is 15.8 Å². The van der Waals surface area contributed by atoms with E-state index in [1.54, 1.807) is 7.11 Å². The minimum atomic E-state index is 0.155. The lowest BCUT2D eigenvalue weighted by Gasteiger charge is -2.27. The van der Waals surface area contributed by atoms with Crippen LogP contribution in [-0.4, -0.2) is 32.2 Å². The maximum Gasteiger partial charge on any atom is 0.220 e. The predicted octanol–water partition coefficient (Wildman–Crippen LogP) is 1.68. The van der Waals surface area contributed by atoms with Gasteiger partial charge in [0.1, 0.15) is 0 Å². The van der Waals surface area contributed by atoms with E-state index in [9.17, 15) is 4.79 Å². The zero-order chi connectivity index (χ0) is 13.4. The molecule has 1 aliphatic rings. The number of amides is 1. The first-order valence-corrected chi connectivity index (χ1v) is 7.17. The fraction of sp³-hybridized carbons (Fsp3) is 0.929. The summed E-state index contributed by atoms with van der Waals surface area (Å²) in [4.78, 5) is 11.9. The minimum absolute atomic E-state index is 0.155. The number of carbonyl (C=O) groups is 1. The van der Waals surface area contributed by atoms with Crippen molar-refractivity contribution in [3.63, 3.8) is 0 Å². The van der Waals surface area contributed by atoms with E-state index < -0.39 is 0 Å². The second kappa shape index (κ2) is 8.48. The summed E-state index contributed by atoms with van der Waals surface area (Å²) in [6.07, 6.45) is 6.25. The summed E-state index contributed by atoms with van der Waals surface area (Å²) in [7, 11) is 1.67. The number of carbonyl (C=O) groups excluding carboxylic acids is 1. The monoisotopic (exact) mass is 256 g/mol. The second-order valence-corrected chi connectivity index (χ2v) is 5.45. The van der Waals surface area contributed by atoms with Gasteiger partial charge in [0.05, 0.1) is 12.6 Å². The molecule has 4 nitrogen and oxygen atoms in total. The molecule has 1 atom stereocenters. The first kappa shape index (κ1) is 15.4. The van der Waals surface area contributed by atoms with Crippen LogP contribution in [0.3, 0.4) is 0 Å². The van der Waals surface area contributed by atoms with Gasteiger partial charge in [-0.15, -0.1) is 0 Å². The minimum Gasteiger partial charge on any atom is -0.383 e. The molecule has 0 aliphatic heterocycles. The Morgan fingerprint density at radius 1 is 1.33 bits per heavy atom. The summed E-state index contributed by atoms with van der Waals surface area (Å²) in [6.45, 7) is 3.46. The van der Waals surface area contributed by atoms with E-state index in [0.717, 1.165) is 25.8 Å². The molecule has 0 aromatic carbocycles. The van der Waals surface area contributed by atoms with Gasteiger partial charge in [0.25, 0.3) is 0 Å².